The summed E-state index contributed by atoms with van der Waals surface area (Å²) in [6, 6.07) is 26.6. The number of carbonyl (C=O) groups is 1. The van der Waals surface area contributed by atoms with Gasteiger partial charge in [0.2, 0.25) is 0 Å². The van der Waals surface area contributed by atoms with E-state index in [1.807, 2.05) is 36.4 Å². The normalized spacial score (nSPS) is 14.1. The number of hydrogen-bond acceptors (Lipinski definition) is 3. The third-order valence-corrected chi connectivity index (χ3v) is 5.72. The van der Waals surface area contributed by atoms with Gasteiger partial charge in [-0.15, -0.1) is 0 Å². The third-order valence-electron chi connectivity index (χ3n) is 5.72. The molecule has 30 heavy (non-hydrogen) atoms. The van der Waals surface area contributed by atoms with E-state index in [2.05, 4.69) is 71.4 Å². The molecule has 1 fully saturated rings. The predicted molar refractivity (Wildman–Crippen MR) is 126 cm³/mol. The summed E-state index contributed by atoms with van der Waals surface area (Å²) in [4.78, 5) is 17.6. The summed E-state index contributed by atoms with van der Waals surface area (Å²) in [6.45, 7) is 8.21. The van der Waals surface area contributed by atoms with Crippen LogP contribution in [-0.4, -0.2) is 32.1 Å². The lowest BCUT2D eigenvalue weighted by atomic mass is 9.97. The Hall–Kier alpha value is -3.27. The van der Waals surface area contributed by atoms with Gasteiger partial charge in [-0.1, -0.05) is 50.2 Å². The molecule has 0 unspecified atom stereocenters. The molecule has 1 aliphatic rings. The minimum absolute atomic E-state index is 0.0523. The van der Waals surface area contributed by atoms with Crippen LogP contribution < -0.4 is 15.1 Å². The second-order valence-electron chi connectivity index (χ2n) is 8.05. The van der Waals surface area contributed by atoms with Crippen molar-refractivity contribution in [1.82, 2.24) is 0 Å². The van der Waals surface area contributed by atoms with Gasteiger partial charge in [-0.3, -0.25) is 4.79 Å². The first kappa shape index (κ1) is 20.0. The van der Waals surface area contributed by atoms with Gasteiger partial charge >= 0.3 is 0 Å². The van der Waals surface area contributed by atoms with Gasteiger partial charge in [0.05, 0.1) is 0 Å². The van der Waals surface area contributed by atoms with E-state index in [1.165, 1.54) is 11.4 Å². The molecule has 0 aliphatic carbocycles. The van der Waals surface area contributed by atoms with Crippen LogP contribution in [0.4, 0.5) is 17.1 Å². The van der Waals surface area contributed by atoms with E-state index >= 15 is 0 Å². The zero-order valence-corrected chi connectivity index (χ0v) is 17.7. The first-order valence-electron chi connectivity index (χ1n) is 10.7. The Labute approximate surface area is 179 Å². The van der Waals surface area contributed by atoms with E-state index in [4.69, 9.17) is 0 Å². The molecule has 3 aromatic rings. The number of anilines is 3. The van der Waals surface area contributed by atoms with Crippen molar-refractivity contribution in [3.8, 4) is 0 Å². The molecule has 1 amide bonds. The third kappa shape index (κ3) is 4.48. The largest absolute Gasteiger partial charge is 0.368 e. The zero-order chi connectivity index (χ0) is 20.9. The quantitative estimate of drug-likeness (QED) is 0.625. The molecule has 0 saturated carbocycles. The smallest absolute Gasteiger partial charge is 0.255 e. The van der Waals surface area contributed by atoms with Crippen molar-refractivity contribution in [3.63, 3.8) is 0 Å². The van der Waals surface area contributed by atoms with Gasteiger partial charge in [0.1, 0.15) is 0 Å². The number of piperazine rings is 1. The van der Waals surface area contributed by atoms with Crippen molar-refractivity contribution in [2.75, 3.05) is 41.3 Å². The summed E-state index contributed by atoms with van der Waals surface area (Å²) in [7, 11) is 0. The molecule has 4 rings (SSSR count). The highest BCUT2D eigenvalue weighted by molar-refractivity contribution is 6.05. The van der Waals surface area contributed by atoms with Gasteiger partial charge in [0.25, 0.3) is 5.91 Å². The fraction of sp³-hybridized carbons (Fsp3) is 0.269. The fourth-order valence-corrected chi connectivity index (χ4v) is 4.02. The Balaban J connectivity index is 1.38. The number of nitrogens with one attached hydrogen (secondary N) is 1. The van der Waals surface area contributed by atoms with E-state index in [-0.39, 0.29) is 5.91 Å². The van der Waals surface area contributed by atoms with Gasteiger partial charge in [-0.2, -0.15) is 0 Å². The average molecular weight is 400 g/mol. The molecule has 1 saturated heterocycles. The van der Waals surface area contributed by atoms with Gasteiger partial charge in [0.15, 0.2) is 0 Å². The van der Waals surface area contributed by atoms with Crippen molar-refractivity contribution < 1.29 is 4.79 Å². The minimum Gasteiger partial charge on any atom is -0.368 e. The molecule has 0 radical (unpaired) electrons. The van der Waals surface area contributed by atoms with Crippen molar-refractivity contribution in [2.45, 2.75) is 19.8 Å². The summed E-state index contributed by atoms with van der Waals surface area (Å²) in [6.07, 6.45) is 0. The fourth-order valence-electron chi connectivity index (χ4n) is 4.02. The van der Waals surface area contributed by atoms with Crippen LogP contribution in [0.1, 0.15) is 35.7 Å². The Morgan fingerprint density at radius 1 is 0.733 bits per heavy atom. The zero-order valence-electron chi connectivity index (χ0n) is 17.7. The first-order valence-corrected chi connectivity index (χ1v) is 10.7. The monoisotopic (exact) mass is 399 g/mol. The molecular weight excluding hydrogens is 370 g/mol. The van der Waals surface area contributed by atoms with E-state index in [9.17, 15) is 4.79 Å². The highest BCUT2D eigenvalue weighted by Gasteiger charge is 2.18. The van der Waals surface area contributed by atoms with E-state index < -0.39 is 0 Å². The second kappa shape index (κ2) is 9.04. The average Bonchev–Trinajstić information content (AvgIpc) is 2.80. The SMILES string of the molecule is CC(C)c1ccccc1C(=O)Nc1ccc(N2CCN(c3ccccc3)CC2)cc1. The van der Waals surface area contributed by atoms with Crippen LogP contribution in [0.2, 0.25) is 0 Å². The lowest BCUT2D eigenvalue weighted by molar-refractivity contribution is 0.102. The molecule has 4 heteroatoms. The molecular formula is C26H29N3O. The molecule has 0 bridgehead atoms. The first-order chi connectivity index (χ1) is 14.6. The minimum atomic E-state index is -0.0523. The van der Waals surface area contributed by atoms with Crippen LogP contribution in [0.3, 0.4) is 0 Å². The molecule has 1 heterocycles. The maximum Gasteiger partial charge on any atom is 0.255 e. The lowest BCUT2D eigenvalue weighted by Gasteiger charge is -2.37. The van der Waals surface area contributed by atoms with Gasteiger partial charge < -0.3 is 15.1 Å². The van der Waals surface area contributed by atoms with Crippen LogP contribution >= 0.6 is 0 Å². The summed E-state index contributed by atoms with van der Waals surface area (Å²) < 4.78 is 0. The van der Waals surface area contributed by atoms with Crippen molar-refractivity contribution in [1.29, 1.82) is 0 Å². The number of rotatable bonds is 5. The summed E-state index contributed by atoms with van der Waals surface area (Å²) in [5.41, 5.74) is 5.13. The van der Waals surface area contributed by atoms with E-state index in [0.717, 1.165) is 43.0 Å². The second-order valence-corrected chi connectivity index (χ2v) is 8.05. The molecule has 4 nitrogen and oxygen atoms in total. The molecule has 154 valence electrons. The van der Waals surface area contributed by atoms with Gasteiger partial charge in [0, 0.05) is 48.8 Å². The van der Waals surface area contributed by atoms with Gasteiger partial charge in [-0.05, 0) is 53.9 Å². The Morgan fingerprint density at radius 3 is 1.87 bits per heavy atom. The summed E-state index contributed by atoms with van der Waals surface area (Å²) >= 11 is 0. The molecule has 0 aromatic heterocycles. The standard InChI is InChI=1S/C26H29N3O/c1-20(2)24-10-6-7-11-25(24)26(30)27-21-12-14-23(15-13-21)29-18-16-28(17-19-29)22-8-4-3-5-9-22/h3-15,20H,16-19H2,1-2H3,(H,27,30). The molecule has 0 atom stereocenters. The highest BCUT2D eigenvalue weighted by atomic mass is 16.1. The number of hydrogen-bond donors (Lipinski definition) is 1. The topological polar surface area (TPSA) is 35.6 Å². The highest BCUT2D eigenvalue weighted by Crippen LogP contribution is 2.24. The molecule has 1 aliphatic heterocycles. The van der Waals surface area contributed by atoms with Gasteiger partial charge in [-0.25, -0.2) is 0 Å². The lowest BCUT2D eigenvalue weighted by Crippen LogP contribution is -2.46. The number of benzene rings is 3. The molecule has 0 spiro atoms. The molecule has 3 aromatic carbocycles. The van der Waals surface area contributed by atoms with Crippen LogP contribution in [-0.2, 0) is 0 Å². The van der Waals surface area contributed by atoms with Crippen LogP contribution in [0.15, 0.2) is 78.9 Å². The number of amides is 1. The Kier molecular flexibility index (Phi) is 6.03. The Bertz CT molecular complexity index is 975. The summed E-state index contributed by atoms with van der Waals surface area (Å²) in [5.74, 6) is 0.257. The Morgan fingerprint density at radius 2 is 1.27 bits per heavy atom. The van der Waals surface area contributed by atoms with Crippen molar-refractivity contribution in [2.24, 2.45) is 0 Å². The maximum absolute atomic E-state index is 12.8. The van der Waals surface area contributed by atoms with Crippen molar-refractivity contribution in [3.05, 3.63) is 90.0 Å². The summed E-state index contributed by atoms with van der Waals surface area (Å²) in [5, 5.41) is 3.05. The maximum atomic E-state index is 12.8. The van der Waals surface area contributed by atoms with Crippen LogP contribution in [0.25, 0.3) is 0 Å². The van der Waals surface area contributed by atoms with Crippen LogP contribution in [0, 0.1) is 0 Å². The van der Waals surface area contributed by atoms with E-state index in [0.29, 0.717) is 5.92 Å². The molecule has 1 N–H and O–H groups in total. The predicted octanol–water partition coefficient (Wildman–Crippen LogP) is 5.39. The van der Waals surface area contributed by atoms with Crippen LogP contribution in [0.5, 0.6) is 0 Å². The van der Waals surface area contributed by atoms with Crippen molar-refractivity contribution >= 4 is 23.0 Å². The number of carbonyl (C=O) groups excluding carboxylic acids is 1. The number of para-hydroxylation sites is 1. The number of nitrogens with zero attached hydrogens (tertiary/aromatic N) is 2. The van der Waals surface area contributed by atoms with E-state index in [1.54, 1.807) is 0 Å².